The first-order valence-corrected chi connectivity index (χ1v) is 13.6. The van der Waals surface area contributed by atoms with E-state index in [1.54, 1.807) is 0 Å². The molecule has 200 valence electrons. The molecule has 4 aromatic carbocycles. The highest BCUT2D eigenvalue weighted by atomic mass is 16.5. The Morgan fingerprint density at radius 2 is 1.43 bits per heavy atom. The molecule has 6 nitrogen and oxygen atoms in total. The normalized spacial score (nSPS) is 13.3. The van der Waals surface area contributed by atoms with E-state index in [0.717, 1.165) is 87.8 Å². The molecule has 1 aliphatic heterocycles. The zero-order valence-electron chi connectivity index (χ0n) is 22.8. The molecule has 0 bridgehead atoms. The lowest BCUT2D eigenvalue weighted by molar-refractivity contribution is 0.122. The van der Waals surface area contributed by atoms with Gasteiger partial charge >= 0.3 is 6.03 Å². The van der Waals surface area contributed by atoms with Gasteiger partial charge in [-0.05, 0) is 65.8 Å². The van der Waals surface area contributed by atoms with Gasteiger partial charge in [0.2, 0.25) is 0 Å². The van der Waals surface area contributed by atoms with Crippen molar-refractivity contribution in [3.05, 3.63) is 108 Å². The Morgan fingerprint density at radius 3 is 2.20 bits per heavy atom. The zero-order valence-corrected chi connectivity index (χ0v) is 22.8. The van der Waals surface area contributed by atoms with E-state index in [0.29, 0.717) is 0 Å². The largest absolute Gasteiger partial charge is 0.378 e. The molecule has 2 amide bonds. The average Bonchev–Trinajstić information content (AvgIpc) is 2.99. The first-order valence-electron chi connectivity index (χ1n) is 13.6. The number of anilines is 3. The maximum absolute atomic E-state index is 13.2. The Morgan fingerprint density at radius 1 is 0.725 bits per heavy atom. The Balaban J connectivity index is 1.26. The number of carbonyl (C=O) groups is 1. The molecule has 0 spiro atoms. The van der Waals surface area contributed by atoms with E-state index in [1.807, 2.05) is 61.5 Å². The fourth-order valence-corrected chi connectivity index (χ4v) is 5.29. The first-order chi connectivity index (χ1) is 19.6. The van der Waals surface area contributed by atoms with E-state index in [4.69, 9.17) is 9.72 Å². The third-order valence-corrected chi connectivity index (χ3v) is 7.46. The number of nitrogens with zero attached hydrogens (tertiary/aromatic N) is 2. The number of nitrogens with one attached hydrogen (secondary N) is 2. The average molecular weight is 529 g/mol. The summed E-state index contributed by atoms with van der Waals surface area (Å²) in [4.78, 5) is 20.4. The smallest absolute Gasteiger partial charge is 0.323 e. The number of carbonyl (C=O) groups excluding carboxylic acids is 1. The maximum atomic E-state index is 13.2. The van der Waals surface area contributed by atoms with Gasteiger partial charge in [0.15, 0.2) is 0 Å². The molecular formula is C34H32N4O2. The van der Waals surface area contributed by atoms with E-state index < -0.39 is 0 Å². The highest BCUT2D eigenvalue weighted by Gasteiger charge is 2.16. The molecule has 5 aromatic rings. The number of morpholine rings is 1. The summed E-state index contributed by atoms with van der Waals surface area (Å²) in [5.74, 6) is 0.982. The van der Waals surface area contributed by atoms with Crippen molar-refractivity contribution in [1.29, 1.82) is 0 Å². The highest BCUT2D eigenvalue weighted by Crippen LogP contribution is 2.35. The van der Waals surface area contributed by atoms with Crippen LogP contribution in [-0.2, 0) is 4.74 Å². The molecule has 1 saturated heterocycles. The number of rotatable bonds is 5. The van der Waals surface area contributed by atoms with Crippen molar-refractivity contribution < 1.29 is 9.53 Å². The van der Waals surface area contributed by atoms with Gasteiger partial charge in [0.25, 0.3) is 0 Å². The molecule has 0 atom stereocenters. The highest BCUT2D eigenvalue weighted by molar-refractivity contribution is 6.10. The van der Waals surface area contributed by atoms with Gasteiger partial charge in [0.05, 0.1) is 18.9 Å². The number of aryl methyl sites for hydroxylation is 2. The number of ether oxygens (including phenoxy) is 1. The Hall–Kier alpha value is -4.68. The molecule has 0 unspecified atom stereocenters. The van der Waals surface area contributed by atoms with Crippen molar-refractivity contribution in [2.45, 2.75) is 13.8 Å². The van der Waals surface area contributed by atoms with E-state index >= 15 is 0 Å². The number of benzene rings is 4. The summed E-state index contributed by atoms with van der Waals surface area (Å²) >= 11 is 0. The lowest BCUT2D eigenvalue weighted by Crippen LogP contribution is -2.36. The summed E-state index contributed by atoms with van der Waals surface area (Å²) in [5, 5.41) is 8.17. The molecule has 1 fully saturated rings. The van der Waals surface area contributed by atoms with E-state index in [9.17, 15) is 4.79 Å². The number of hydrogen-bond donors (Lipinski definition) is 2. The molecule has 40 heavy (non-hydrogen) atoms. The van der Waals surface area contributed by atoms with Crippen LogP contribution in [0.2, 0.25) is 0 Å². The summed E-state index contributed by atoms with van der Waals surface area (Å²) in [6.45, 7) is 7.22. The summed E-state index contributed by atoms with van der Waals surface area (Å²) in [7, 11) is 0. The van der Waals surface area contributed by atoms with Crippen LogP contribution in [0.1, 0.15) is 11.3 Å². The molecule has 2 heterocycles. The molecular weight excluding hydrogens is 496 g/mol. The standard InChI is InChI=1S/C34H32N4O2/c1-23-12-13-26(25-8-4-3-5-9-25)22-32(23)37-34(39)36-31-16-14-29(28-10-6-7-11-30(28)31)27-15-17-33(35-24(27)2)38-18-20-40-21-19-38/h3-17,22H,18-21H2,1-2H3,(H2,36,37,39). The van der Waals surface area contributed by atoms with E-state index in [1.165, 1.54) is 0 Å². The fourth-order valence-electron chi connectivity index (χ4n) is 5.29. The van der Waals surface area contributed by atoms with Crippen LogP contribution in [0.15, 0.2) is 97.1 Å². The van der Waals surface area contributed by atoms with Crippen molar-refractivity contribution in [3.8, 4) is 22.3 Å². The summed E-state index contributed by atoms with van der Waals surface area (Å²) in [6, 6.07) is 32.4. The minimum absolute atomic E-state index is 0.279. The second-order valence-electron chi connectivity index (χ2n) is 10.1. The molecule has 1 aromatic heterocycles. The van der Waals surface area contributed by atoms with Gasteiger partial charge in [-0.3, -0.25) is 0 Å². The minimum atomic E-state index is -0.279. The van der Waals surface area contributed by atoms with Gasteiger partial charge in [-0.25, -0.2) is 9.78 Å². The lowest BCUT2D eigenvalue weighted by atomic mass is 9.96. The van der Waals surface area contributed by atoms with Crippen LogP contribution in [0, 0.1) is 13.8 Å². The molecule has 2 N–H and O–H groups in total. The topological polar surface area (TPSA) is 66.5 Å². The van der Waals surface area contributed by atoms with Gasteiger partial charge in [-0.2, -0.15) is 0 Å². The lowest BCUT2D eigenvalue weighted by Gasteiger charge is -2.28. The summed E-state index contributed by atoms with van der Waals surface area (Å²) < 4.78 is 5.49. The van der Waals surface area contributed by atoms with Gasteiger partial charge < -0.3 is 20.3 Å². The van der Waals surface area contributed by atoms with Crippen LogP contribution < -0.4 is 15.5 Å². The van der Waals surface area contributed by atoms with Crippen LogP contribution >= 0.6 is 0 Å². The third-order valence-electron chi connectivity index (χ3n) is 7.46. The monoisotopic (exact) mass is 528 g/mol. The molecule has 0 aliphatic carbocycles. The first kappa shape index (κ1) is 25.6. The van der Waals surface area contributed by atoms with Crippen LogP contribution in [0.3, 0.4) is 0 Å². The van der Waals surface area contributed by atoms with E-state index in [2.05, 4.69) is 64.9 Å². The molecule has 0 radical (unpaired) electrons. The molecule has 6 heteroatoms. The fraction of sp³-hybridized carbons (Fsp3) is 0.176. The molecule has 6 rings (SSSR count). The Labute approximate surface area is 234 Å². The van der Waals surface area contributed by atoms with Gasteiger partial charge in [0.1, 0.15) is 5.82 Å². The van der Waals surface area contributed by atoms with Gasteiger partial charge in [-0.15, -0.1) is 0 Å². The molecule has 0 saturated carbocycles. The van der Waals surface area contributed by atoms with Crippen LogP contribution in [0.4, 0.5) is 22.0 Å². The third kappa shape index (κ3) is 5.26. The van der Waals surface area contributed by atoms with Crippen molar-refractivity contribution >= 4 is 34.0 Å². The van der Waals surface area contributed by atoms with Crippen molar-refractivity contribution in [1.82, 2.24) is 4.98 Å². The quantitative estimate of drug-likeness (QED) is 0.246. The second-order valence-corrected chi connectivity index (χ2v) is 10.1. The number of aromatic nitrogens is 1. The zero-order chi connectivity index (χ0) is 27.5. The van der Waals surface area contributed by atoms with Crippen LogP contribution in [-0.4, -0.2) is 37.3 Å². The van der Waals surface area contributed by atoms with Crippen molar-refractivity contribution in [2.24, 2.45) is 0 Å². The van der Waals surface area contributed by atoms with Crippen molar-refractivity contribution in [2.75, 3.05) is 41.8 Å². The van der Waals surface area contributed by atoms with E-state index in [-0.39, 0.29) is 6.03 Å². The number of amides is 2. The second kappa shape index (κ2) is 11.2. The number of fused-ring (bicyclic) bond motifs is 1. The van der Waals surface area contributed by atoms with Crippen molar-refractivity contribution in [3.63, 3.8) is 0 Å². The number of urea groups is 1. The van der Waals surface area contributed by atoms with Gasteiger partial charge in [-0.1, -0.05) is 72.8 Å². The number of pyridine rings is 1. The summed E-state index contributed by atoms with van der Waals surface area (Å²) in [6.07, 6.45) is 0. The molecule has 1 aliphatic rings. The SMILES string of the molecule is Cc1ccc(-c2ccccc2)cc1NC(=O)Nc1ccc(-c2ccc(N3CCOCC3)nc2C)c2ccccc12. The Bertz CT molecular complexity index is 1680. The Kier molecular flexibility index (Phi) is 7.17. The predicted octanol–water partition coefficient (Wildman–Crippen LogP) is 7.67. The summed E-state index contributed by atoms with van der Waals surface area (Å²) in [5.41, 5.74) is 7.84. The van der Waals surface area contributed by atoms with Gasteiger partial charge in [0, 0.05) is 35.4 Å². The minimum Gasteiger partial charge on any atom is -0.378 e. The maximum Gasteiger partial charge on any atom is 0.323 e. The van der Waals surface area contributed by atoms with Crippen LogP contribution in [0.25, 0.3) is 33.0 Å². The number of hydrogen-bond acceptors (Lipinski definition) is 4. The van der Waals surface area contributed by atoms with Crippen LogP contribution in [0.5, 0.6) is 0 Å². The predicted molar refractivity (Wildman–Crippen MR) is 164 cm³/mol.